The minimum Gasteiger partial charge on any atom is -0.508 e. The number of nitrogens with one attached hydrogen (secondary N) is 2. The lowest BCUT2D eigenvalue weighted by molar-refractivity contribution is -0.150. The van der Waals surface area contributed by atoms with Gasteiger partial charge in [0.15, 0.2) is 0 Å². The van der Waals surface area contributed by atoms with Crippen LogP contribution in [0, 0.1) is 0 Å². The van der Waals surface area contributed by atoms with Gasteiger partial charge in [-0.1, -0.05) is 37.7 Å². The minimum absolute atomic E-state index is 0.0217. The van der Waals surface area contributed by atoms with Crippen molar-refractivity contribution in [2.45, 2.75) is 67.4 Å². The van der Waals surface area contributed by atoms with Crippen LogP contribution in [0.25, 0.3) is 0 Å². The summed E-state index contributed by atoms with van der Waals surface area (Å²) in [5.74, 6) is -2.18. The fraction of sp³-hybridized carbons (Fsp3) is 0.500. The summed E-state index contributed by atoms with van der Waals surface area (Å²) in [7, 11) is 0. The smallest absolute Gasteiger partial charge is 0.352 e. The molecule has 226 valence electrons. The molecule has 0 saturated carbocycles. The van der Waals surface area contributed by atoms with Gasteiger partial charge in [0.05, 0.1) is 0 Å². The minimum atomic E-state index is -1.28. The van der Waals surface area contributed by atoms with E-state index in [0.29, 0.717) is 35.8 Å². The summed E-state index contributed by atoms with van der Waals surface area (Å²) in [6.45, 7) is 5.30. The predicted octanol–water partition coefficient (Wildman–Crippen LogP) is 1.23. The van der Waals surface area contributed by atoms with E-state index in [2.05, 4.69) is 25.9 Å². The summed E-state index contributed by atoms with van der Waals surface area (Å²) in [6, 6.07) is 3.80. The van der Waals surface area contributed by atoms with Crippen LogP contribution >= 0.6 is 23.5 Å². The first kappa shape index (κ1) is 31.3. The SMILES string of the molecule is CCCN(CCC)C(=O)CCC(Sc1nnn[nH]1)C1=C(C(=O)O)N2C(=O)C(NC(=O)C(N)c3ccc(O)cc3)[C@@H]2SC1. The molecule has 6 N–H and O–H groups in total. The second kappa shape index (κ2) is 14.0. The average Bonchev–Trinajstić information content (AvgIpc) is 3.50. The van der Waals surface area contributed by atoms with Crippen molar-refractivity contribution in [1.29, 1.82) is 0 Å². The number of aromatic nitrogens is 4. The summed E-state index contributed by atoms with van der Waals surface area (Å²) < 4.78 is 0. The quantitative estimate of drug-likeness (QED) is 0.150. The number of nitrogens with two attached hydrogens (primary N) is 1. The highest BCUT2D eigenvalue weighted by molar-refractivity contribution is 8.01. The summed E-state index contributed by atoms with van der Waals surface area (Å²) >= 11 is 2.54. The average molecular weight is 619 g/mol. The lowest BCUT2D eigenvalue weighted by Crippen LogP contribution is -2.71. The number of carboxylic acid groups (broad SMARTS) is 1. The normalized spacial score (nSPS) is 19.5. The van der Waals surface area contributed by atoms with Crippen molar-refractivity contribution >= 4 is 47.2 Å². The lowest BCUT2D eigenvalue weighted by atomic mass is 9.99. The van der Waals surface area contributed by atoms with Gasteiger partial charge >= 0.3 is 5.97 Å². The Morgan fingerprint density at radius 2 is 1.93 bits per heavy atom. The van der Waals surface area contributed by atoms with Gasteiger partial charge in [-0.05, 0) is 53.0 Å². The third kappa shape index (κ3) is 6.87. The molecule has 0 radical (unpaired) electrons. The molecule has 3 unspecified atom stereocenters. The van der Waals surface area contributed by atoms with E-state index < -0.39 is 40.5 Å². The fourth-order valence-corrected chi connectivity index (χ4v) is 7.47. The number of aromatic amines is 1. The van der Waals surface area contributed by atoms with Gasteiger partial charge in [-0.25, -0.2) is 9.89 Å². The third-order valence-corrected chi connectivity index (χ3v) is 9.46. The maximum absolute atomic E-state index is 13.3. The Hall–Kier alpha value is -3.63. The van der Waals surface area contributed by atoms with Crippen LogP contribution in [-0.4, -0.2) is 99.8 Å². The first-order chi connectivity index (χ1) is 20.2. The number of phenolic OH excluding ortho intramolecular Hbond substituents is 1. The van der Waals surface area contributed by atoms with E-state index in [9.17, 15) is 29.4 Å². The number of β-lactam (4-membered cyclic amide) rings is 1. The molecule has 2 aromatic rings. The number of amides is 3. The molecule has 4 rings (SSSR count). The summed E-state index contributed by atoms with van der Waals surface area (Å²) in [4.78, 5) is 54.7. The largest absolute Gasteiger partial charge is 0.508 e. The van der Waals surface area contributed by atoms with Crippen molar-refractivity contribution in [3.8, 4) is 5.75 Å². The first-order valence-corrected chi connectivity index (χ1v) is 15.5. The molecule has 2 aliphatic heterocycles. The molecule has 0 aliphatic carbocycles. The van der Waals surface area contributed by atoms with Crippen LogP contribution in [0.2, 0.25) is 0 Å². The topological polar surface area (TPSA) is 208 Å². The number of aromatic hydroxyl groups is 1. The zero-order chi connectivity index (χ0) is 30.4. The number of nitrogens with zero attached hydrogens (tertiary/aromatic N) is 5. The molecule has 4 atom stereocenters. The molecule has 0 bridgehead atoms. The Bertz CT molecular complexity index is 1320. The van der Waals surface area contributed by atoms with Crippen molar-refractivity contribution < 1.29 is 29.4 Å². The molecular formula is C26H34N8O6S2. The molecule has 3 heterocycles. The van der Waals surface area contributed by atoms with Gasteiger partial charge in [0.25, 0.3) is 5.91 Å². The van der Waals surface area contributed by atoms with Gasteiger partial charge in [-0.2, -0.15) is 0 Å². The van der Waals surface area contributed by atoms with Gasteiger partial charge < -0.3 is 26.2 Å². The number of hydrogen-bond acceptors (Lipinski definition) is 11. The Morgan fingerprint density at radius 3 is 2.52 bits per heavy atom. The zero-order valence-electron chi connectivity index (χ0n) is 23.2. The highest BCUT2D eigenvalue weighted by atomic mass is 32.2. The van der Waals surface area contributed by atoms with Crippen molar-refractivity contribution in [3.63, 3.8) is 0 Å². The van der Waals surface area contributed by atoms with E-state index in [1.54, 1.807) is 0 Å². The second-order valence-corrected chi connectivity index (χ2v) is 12.2. The van der Waals surface area contributed by atoms with E-state index in [1.165, 1.54) is 52.7 Å². The molecule has 3 amide bonds. The van der Waals surface area contributed by atoms with Crippen LogP contribution in [0.4, 0.5) is 0 Å². The van der Waals surface area contributed by atoms with Crippen molar-refractivity contribution in [2.75, 3.05) is 18.8 Å². The molecule has 0 spiro atoms. The first-order valence-electron chi connectivity index (χ1n) is 13.6. The van der Waals surface area contributed by atoms with Gasteiger partial charge in [0, 0.05) is 30.5 Å². The summed E-state index contributed by atoms with van der Waals surface area (Å²) in [6.07, 6.45) is 2.16. The summed E-state index contributed by atoms with van der Waals surface area (Å²) in [5, 5.41) is 35.4. The fourth-order valence-electron chi connectivity index (χ4n) is 4.92. The molecule has 1 fully saturated rings. The lowest BCUT2D eigenvalue weighted by Gasteiger charge is -2.50. The van der Waals surface area contributed by atoms with Crippen LogP contribution in [-0.2, 0) is 19.2 Å². The summed E-state index contributed by atoms with van der Waals surface area (Å²) in [5.41, 5.74) is 6.84. The molecular weight excluding hydrogens is 584 g/mol. The molecule has 2 aliphatic rings. The molecule has 16 heteroatoms. The Balaban J connectivity index is 1.53. The second-order valence-electron chi connectivity index (χ2n) is 9.88. The number of rotatable bonds is 14. The van der Waals surface area contributed by atoms with Crippen LogP contribution in [0.3, 0.4) is 0 Å². The van der Waals surface area contributed by atoms with Crippen LogP contribution in [0.1, 0.15) is 51.1 Å². The van der Waals surface area contributed by atoms with Crippen LogP contribution < -0.4 is 11.1 Å². The van der Waals surface area contributed by atoms with Crippen molar-refractivity contribution in [3.05, 3.63) is 41.1 Å². The number of carbonyl (C=O) groups is 4. The highest BCUT2D eigenvalue weighted by Crippen LogP contribution is 2.44. The van der Waals surface area contributed by atoms with E-state index in [4.69, 9.17) is 5.73 Å². The molecule has 14 nitrogen and oxygen atoms in total. The molecule has 1 saturated heterocycles. The molecule has 1 aromatic carbocycles. The van der Waals surface area contributed by atoms with Crippen LogP contribution in [0.5, 0.6) is 5.75 Å². The maximum atomic E-state index is 13.3. The third-order valence-electron chi connectivity index (χ3n) is 6.96. The Kier molecular flexibility index (Phi) is 10.5. The van der Waals surface area contributed by atoms with Gasteiger partial charge in [-0.15, -0.1) is 16.9 Å². The number of carboxylic acids is 1. The molecule has 42 heavy (non-hydrogen) atoms. The van der Waals surface area contributed by atoms with Crippen molar-refractivity contribution in [2.24, 2.45) is 5.73 Å². The number of hydrogen-bond donors (Lipinski definition) is 5. The van der Waals surface area contributed by atoms with Gasteiger partial charge in [0.1, 0.15) is 28.9 Å². The van der Waals surface area contributed by atoms with E-state index in [-0.39, 0.29) is 29.5 Å². The number of benzene rings is 1. The van der Waals surface area contributed by atoms with E-state index in [1.807, 2.05) is 18.7 Å². The standard InChI is InChI=1S/C26H34N8O6S2/c1-3-11-33(12-4-2)18(36)10-9-17(42-26-29-31-32-30-26)16-13-41-24-20(23(38)34(24)21(16)25(39)40)28-22(37)19(27)14-5-7-15(35)8-6-14/h5-8,17,19-20,24,35H,3-4,9-13,27H2,1-2H3,(H,28,37)(H,39,40)(H,29,30,31,32)/t17?,19?,20?,24-/m0/s1. The number of carbonyl (C=O) groups excluding carboxylic acids is 3. The van der Waals surface area contributed by atoms with Crippen molar-refractivity contribution in [1.82, 2.24) is 35.7 Å². The predicted molar refractivity (Wildman–Crippen MR) is 155 cm³/mol. The maximum Gasteiger partial charge on any atom is 0.352 e. The Morgan fingerprint density at radius 1 is 1.24 bits per heavy atom. The van der Waals surface area contributed by atoms with Gasteiger partial charge in [-0.3, -0.25) is 19.3 Å². The van der Waals surface area contributed by atoms with E-state index in [0.717, 1.165) is 12.8 Å². The zero-order valence-corrected chi connectivity index (χ0v) is 24.9. The van der Waals surface area contributed by atoms with Crippen LogP contribution in [0.15, 0.2) is 40.7 Å². The Labute approximate surface area is 250 Å². The highest BCUT2D eigenvalue weighted by Gasteiger charge is 2.55. The number of aliphatic carboxylic acids is 1. The van der Waals surface area contributed by atoms with E-state index >= 15 is 0 Å². The number of thioether (sulfide) groups is 2. The number of H-pyrrole nitrogens is 1. The number of tetrazole rings is 1. The number of phenols is 1. The number of fused-ring (bicyclic) bond motifs is 1. The van der Waals surface area contributed by atoms with Gasteiger partial charge in [0.2, 0.25) is 17.0 Å². The monoisotopic (exact) mass is 618 g/mol. The molecule has 1 aromatic heterocycles.